The van der Waals surface area contributed by atoms with Crippen LogP contribution < -0.4 is 0 Å². The Morgan fingerprint density at radius 2 is 1.37 bits per heavy atom. The van der Waals surface area contributed by atoms with Crippen LogP contribution in [-0.2, 0) is 4.79 Å². The van der Waals surface area contributed by atoms with E-state index in [0.717, 1.165) is 12.8 Å². The van der Waals surface area contributed by atoms with Crippen molar-refractivity contribution in [2.24, 2.45) is 0 Å². The highest BCUT2D eigenvalue weighted by molar-refractivity contribution is 5.68. The topological polar surface area (TPSA) is 57.5 Å². The van der Waals surface area contributed by atoms with Crippen molar-refractivity contribution in [2.45, 2.75) is 96.5 Å². The van der Waals surface area contributed by atoms with Crippen molar-refractivity contribution in [3.05, 3.63) is 0 Å². The monoisotopic (exact) mass is 272 g/mol. The van der Waals surface area contributed by atoms with Gasteiger partial charge in [0.05, 0.1) is 12.0 Å². The summed E-state index contributed by atoms with van der Waals surface area (Å²) < 4.78 is 0. The van der Waals surface area contributed by atoms with Gasteiger partial charge in [0.25, 0.3) is 0 Å². The van der Waals surface area contributed by atoms with Crippen molar-refractivity contribution in [1.82, 2.24) is 0 Å². The van der Waals surface area contributed by atoms with Crippen LogP contribution in [0.3, 0.4) is 0 Å². The number of hydrogen-bond donors (Lipinski definition) is 2. The smallest absolute Gasteiger partial charge is 0.306 e. The van der Waals surface area contributed by atoms with Gasteiger partial charge >= 0.3 is 5.97 Å². The highest BCUT2D eigenvalue weighted by atomic mass is 16.4. The zero-order valence-electron chi connectivity index (χ0n) is 12.8. The number of carbonyl (C=O) groups is 1. The van der Waals surface area contributed by atoms with Gasteiger partial charge in [0.1, 0.15) is 0 Å². The van der Waals surface area contributed by atoms with Gasteiger partial charge in [-0.1, -0.05) is 71.6 Å². The zero-order chi connectivity index (χ0) is 14.6. The first-order valence-corrected chi connectivity index (χ1v) is 7.98. The highest BCUT2D eigenvalue weighted by Gasteiger charge is 2.27. The van der Waals surface area contributed by atoms with Crippen LogP contribution in [0.4, 0.5) is 0 Å². The molecule has 3 heteroatoms. The van der Waals surface area contributed by atoms with Crippen LogP contribution in [0.5, 0.6) is 0 Å². The fraction of sp³-hybridized carbons (Fsp3) is 0.938. The lowest BCUT2D eigenvalue weighted by Gasteiger charge is -2.24. The Morgan fingerprint density at radius 3 is 1.79 bits per heavy atom. The van der Waals surface area contributed by atoms with Gasteiger partial charge < -0.3 is 10.2 Å². The number of aliphatic carboxylic acids is 1. The van der Waals surface area contributed by atoms with E-state index in [-0.39, 0.29) is 6.42 Å². The number of rotatable bonds is 13. The maximum Gasteiger partial charge on any atom is 0.306 e. The molecule has 0 aliphatic carbocycles. The van der Waals surface area contributed by atoms with Crippen LogP contribution in [-0.4, -0.2) is 21.8 Å². The summed E-state index contributed by atoms with van der Waals surface area (Å²) in [5.41, 5.74) is -0.993. The molecular formula is C16H32O3. The van der Waals surface area contributed by atoms with E-state index in [4.69, 9.17) is 5.11 Å². The first kappa shape index (κ1) is 18.4. The average Bonchev–Trinajstić information content (AvgIpc) is 2.36. The molecule has 0 radical (unpaired) electrons. The molecule has 3 nitrogen and oxygen atoms in total. The molecule has 114 valence electrons. The summed E-state index contributed by atoms with van der Waals surface area (Å²) >= 11 is 0. The fourth-order valence-electron chi connectivity index (χ4n) is 2.44. The molecule has 0 saturated heterocycles. The Balaban J connectivity index is 3.48. The van der Waals surface area contributed by atoms with E-state index in [0.29, 0.717) is 12.8 Å². The third-order valence-corrected chi connectivity index (χ3v) is 3.88. The average molecular weight is 272 g/mol. The summed E-state index contributed by atoms with van der Waals surface area (Å²) in [5, 5.41) is 18.9. The predicted octanol–water partition coefficient (Wildman–Crippen LogP) is 4.52. The Hall–Kier alpha value is -0.570. The van der Waals surface area contributed by atoms with Gasteiger partial charge in [0, 0.05) is 0 Å². The maximum atomic E-state index is 10.7. The van der Waals surface area contributed by atoms with Crippen LogP contribution >= 0.6 is 0 Å². The number of carboxylic acids is 1. The molecule has 1 unspecified atom stereocenters. The molecule has 0 bridgehead atoms. The Bertz CT molecular complexity index is 228. The van der Waals surface area contributed by atoms with E-state index in [1.54, 1.807) is 0 Å². The number of hydrogen-bond acceptors (Lipinski definition) is 2. The summed E-state index contributed by atoms with van der Waals surface area (Å²) in [7, 11) is 0. The van der Waals surface area contributed by atoms with Crippen molar-refractivity contribution in [2.75, 3.05) is 0 Å². The molecular weight excluding hydrogens is 240 g/mol. The molecule has 0 fully saturated rings. The van der Waals surface area contributed by atoms with Gasteiger partial charge in [-0.2, -0.15) is 0 Å². The molecule has 0 saturated carbocycles. The van der Waals surface area contributed by atoms with Crippen molar-refractivity contribution >= 4 is 5.97 Å². The van der Waals surface area contributed by atoms with Gasteiger partial charge in [0.2, 0.25) is 0 Å². The quantitative estimate of drug-likeness (QED) is 0.484. The fourth-order valence-corrected chi connectivity index (χ4v) is 2.44. The second-order valence-electron chi connectivity index (χ2n) is 5.73. The molecule has 19 heavy (non-hydrogen) atoms. The highest BCUT2D eigenvalue weighted by Crippen LogP contribution is 2.23. The van der Waals surface area contributed by atoms with Crippen LogP contribution in [0.1, 0.15) is 90.9 Å². The number of unbranched alkanes of at least 4 members (excludes halogenated alkanes) is 8. The second-order valence-corrected chi connectivity index (χ2v) is 5.73. The molecule has 0 rings (SSSR count). The predicted molar refractivity (Wildman–Crippen MR) is 79.3 cm³/mol. The Kier molecular flexibility index (Phi) is 10.9. The van der Waals surface area contributed by atoms with Gasteiger partial charge in [-0.05, 0) is 12.8 Å². The lowest BCUT2D eigenvalue weighted by Crippen LogP contribution is -2.30. The third kappa shape index (κ3) is 11.0. The third-order valence-electron chi connectivity index (χ3n) is 3.88. The van der Waals surface area contributed by atoms with E-state index in [2.05, 4.69) is 6.92 Å². The van der Waals surface area contributed by atoms with Crippen molar-refractivity contribution in [3.63, 3.8) is 0 Å². The minimum atomic E-state index is -0.993. The van der Waals surface area contributed by atoms with Crippen molar-refractivity contribution in [3.8, 4) is 0 Å². The van der Waals surface area contributed by atoms with Crippen LogP contribution in [0.25, 0.3) is 0 Å². The zero-order valence-corrected chi connectivity index (χ0v) is 12.8. The number of carboxylic acid groups (broad SMARTS) is 1. The van der Waals surface area contributed by atoms with Crippen LogP contribution in [0.2, 0.25) is 0 Å². The molecule has 0 spiro atoms. The first-order chi connectivity index (χ1) is 9.04. The summed E-state index contributed by atoms with van der Waals surface area (Å²) in [6, 6.07) is 0. The normalized spacial score (nSPS) is 14.3. The molecule has 0 aromatic heterocycles. The van der Waals surface area contributed by atoms with Gasteiger partial charge in [0.15, 0.2) is 0 Å². The molecule has 0 aliphatic rings. The first-order valence-electron chi connectivity index (χ1n) is 7.98. The summed E-state index contributed by atoms with van der Waals surface area (Å²) in [6.45, 7) is 4.09. The van der Waals surface area contributed by atoms with Gasteiger partial charge in [-0.15, -0.1) is 0 Å². The molecule has 0 aromatic rings. The summed E-state index contributed by atoms with van der Waals surface area (Å²) in [4.78, 5) is 10.7. The lowest BCUT2D eigenvalue weighted by molar-refractivity contribution is -0.143. The molecule has 1 atom stereocenters. The largest absolute Gasteiger partial charge is 0.481 e. The minimum Gasteiger partial charge on any atom is -0.481 e. The lowest BCUT2D eigenvalue weighted by atomic mass is 9.90. The number of aliphatic hydroxyl groups is 1. The van der Waals surface area contributed by atoms with Gasteiger partial charge in [-0.25, -0.2) is 0 Å². The van der Waals surface area contributed by atoms with E-state index >= 15 is 0 Å². The van der Waals surface area contributed by atoms with Crippen molar-refractivity contribution in [1.29, 1.82) is 0 Å². The molecule has 0 amide bonds. The molecule has 0 aliphatic heterocycles. The minimum absolute atomic E-state index is 0.124. The Morgan fingerprint density at radius 1 is 0.895 bits per heavy atom. The SMILES string of the molecule is CCCCCCCCCCCC(O)(CC)CC(=O)O. The van der Waals surface area contributed by atoms with E-state index in [1.807, 2.05) is 6.92 Å². The molecule has 0 heterocycles. The summed E-state index contributed by atoms with van der Waals surface area (Å²) in [5.74, 6) is -0.903. The molecule has 0 aromatic carbocycles. The Labute approximate surface area is 118 Å². The van der Waals surface area contributed by atoms with Crippen LogP contribution in [0.15, 0.2) is 0 Å². The van der Waals surface area contributed by atoms with E-state index in [9.17, 15) is 9.90 Å². The van der Waals surface area contributed by atoms with E-state index < -0.39 is 11.6 Å². The summed E-state index contributed by atoms with van der Waals surface area (Å²) in [6.07, 6.45) is 12.2. The standard InChI is InChI=1S/C16H32O3/c1-3-5-6-7-8-9-10-11-12-13-16(19,4-2)14-15(17)18/h19H,3-14H2,1-2H3,(H,17,18). The van der Waals surface area contributed by atoms with Crippen molar-refractivity contribution < 1.29 is 15.0 Å². The maximum absolute atomic E-state index is 10.7. The molecule has 2 N–H and O–H groups in total. The van der Waals surface area contributed by atoms with E-state index in [1.165, 1.54) is 44.9 Å². The van der Waals surface area contributed by atoms with Crippen LogP contribution in [0, 0.1) is 0 Å². The second kappa shape index (κ2) is 11.3. The van der Waals surface area contributed by atoms with Gasteiger partial charge in [-0.3, -0.25) is 4.79 Å².